The second kappa shape index (κ2) is 6.49. The molecule has 0 aromatic rings. The number of hydrogen-bond acceptors (Lipinski definition) is 2. The molecule has 0 amide bonds. The van der Waals surface area contributed by atoms with E-state index in [4.69, 9.17) is 9.16 Å². The van der Waals surface area contributed by atoms with Gasteiger partial charge in [0.1, 0.15) is 0 Å². The zero-order valence-electron chi connectivity index (χ0n) is 15.0. The lowest BCUT2D eigenvalue weighted by atomic mass is 9.92. The zero-order valence-corrected chi connectivity index (χ0v) is 16.0. The van der Waals surface area contributed by atoms with Crippen LogP contribution in [0.1, 0.15) is 66.7 Å². The van der Waals surface area contributed by atoms with Gasteiger partial charge in [0, 0.05) is 0 Å². The highest BCUT2D eigenvalue weighted by atomic mass is 28.4. The predicted molar refractivity (Wildman–Crippen MR) is 89.7 cm³/mol. The molecule has 2 atom stereocenters. The van der Waals surface area contributed by atoms with E-state index in [1.165, 1.54) is 19.3 Å². The Morgan fingerprint density at radius 3 is 2.35 bits per heavy atom. The molecule has 1 aliphatic heterocycles. The molecule has 120 valence electrons. The molecule has 0 saturated carbocycles. The molecule has 2 nitrogen and oxygen atoms in total. The zero-order chi connectivity index (χ0) is 15.6. The van der Waals surface area contributed by atoms with Crippen molar-refractivity contribution in [2.24, 2.45) is 5.92 Å². The van der Waals surface area contributed by atoms with Crippen LogP contribution in [-0.2, 0) is 9.16 Å². The summed E-state index contributed by atoms with van der Waals surface area (Å²) in [7, 11) is -1.45. The van der Waals surface area contributed by atoms with E-state index in [1.807, 2.05) is 0 Å². The summed E-state index contributed by atoms with van der Waals surface area (Å²) in [5.74, 6) is 0.805. The number of rotatable bonds is 9. The highest BCUT2D eigenvalue weighted by molar-refractivity contribution is 6.69. The van der Waals surface area contributed by atoms with E-state index in [0.717, 1.165) is 18.8 Å². The lowest BCUT2D eigenvalue weighted by molar-refractivity contribution is 0.0861. The van der Waals surface area contributed by atoms with E-state index in [9.17, 15) is 0 Å². The molecular formula is C17H36O2Si. The first-order chi connectivity index (χ1) is 8.94. The van der Waals surface area contributed by atoms with Crippen molar-refractivity contribution in [2.45, 2.75) is 104 Å². The minimum atomic E-state index is -1.45. The minimum absolute atomic E-state index is 0.00470. The molecule has 0 radical (unpaired) electrons. The topological polar surface area (TPSA) is 21.8 Å². The summed E-state index contributed by atoms with van der Waals surface area (Å²) in [6, 6.07) is 0. The quantitative estimate of drug-likeness (QED) is 0.421. The third kappa shape index (κ3) is 6.73. The summed E-state index contributed by atoms with van der Waals surface area (Å²) < 4.78 is 12.2. The molecule has 1 fully saturated rings. The van der Waals surface area contributed by atoms with Crippen LogP contribution in [0.3, 0.4) is 0 Å². The van der Waals surface area contributed by atoms with E-state index in [1.54, 1.807) is 0 Å². The van der Waals surface area contributed by atoms with Crippen molar-refractivity contribution in [1.29, 1.82) is 0 Å². The molecular weight excluding hydrogens is 264 g/mol. The molecule has 0 aromatic heterocycles. The van der Waals surface area contributed by atoms with E-state index >= 15 is 0 Å². The molecule has 1 saturated heterocycles. The largest absolute Gasteiger partial charge is 0.413 e. The molecule has 0 N–H and O–H groups in total. The second-order valence-corrected chi connectivity index (χ2v) is 13.1. The summed E-state index contributed by atoms with van der Waals surface area (Å²) in [5.41, 5.74) is 0.152. The Kier molecular flexibility index (Phi) is 5.90. The van der Waals surface area contributed by atoms with Gasteiger partial charge in [-0.2, -0.15) is 0 Å². The lowest BCUT2D eigenvalue weighted by Gasteiger charge is -2.33. The van der Waals surface area contributed by atoms with Gasteiger partial charge in [-0.25, -0.2) is 0 Å². The monoisotopic (exact) mass is 300 g/mol. The van der Waals surface area contributed by atoms with E-state index in [-0.39, 0.29) is 11.2 Å². The Hall–Kier alpha value is 0.137. The maximum absolute atomic E-state index is 6.27. The normalized spacial score (nSPS) is 27.1. The van der Waals surface area contributed by atoms with Gasteiger partial charge in [0.15, 0.2) is 8.32 Å². The summed E-state index contributed by atoms with van der Waals surface area (Å²) in [5, 5.41) is 0. The molecule has 20 heavy (non-hydrogen) atoms. The van der Waals surface area contributed by atoms with Crippen molar-refractivity contribution in [1.82, 2.24) is 0 Å². The van der Waals surface area contributed by atoms with Crippen LogP contribution in [0.15, 0.2) is 0 Å². The Balaban J connectivity index is 2.27. The summed E-state index contributed by atoms with van der Waals surface area (Å²) >= 11 is 0. The fourth-order valence-electron chi connectivity index (χ4n) is 3.10. The van der Waals surface area contributed by atoms with Gasteiger partial charge in [0.25, 0.3) is 0 Å². The van der Waals surface area contributed by atoms with Crippen LogP contribution in [0.4, 0.5) is 0 Å². The SMILES string of the molecule is CC(C)CCC[C@@]1(C)O[C@@H]1CCC(C)(C)O[Si](C)(C)C. The van der Waals surface area contributed by atoms with Gasteiger partial charge in [-0.05, 0) is 65.6 Å². The average molecular weight is 301 g/mol. The third-order valence-electron chi connectivity index (χ3n) is 4.08. The maximum Gasteiger partial charge on any atom is 0.184 e. The van der Waals surface area contributed by atoms with E-state index in [0.29, 0.717) is 6.10 Å². The first-order valence-corrected chi connectivity index (χ1v) is 11.7. The molecule has 3 heteroatoms. The molecule has 0 spiro atoms. The Morgan fingerprint density at radius 1 is 1.25 bits per heavy atom. The van der Waals surface area contributed by atoms with Crippen molar-refractivity contribution in [3.05, 3.63) is 0 Å². The van der Waals surface area contributed by atoms with Gasteiger partial charge in [0.2, 0.25) is 0 Å². The highest BCUT2D eigenvalue weighted by Gasteiger charge is 2.51. The third-order valence-corrected chi connectivity index (χ3v) is 5.25. The molecule has 1 rings (SSSR count). The molecule has 1 aliphatic rings. The molecule has 0 aliphatic carbocycles. The fourth-order valence-corrected chi connectivity index (χ4v) is 4.85. The standard InChI is InChI=1S/C17H36O2Si/c1-14(2)10-9-12-17(5)15(18-17)11-13-16(3,4)19-20(6,7)8/h14-15H,9-13H2,1-8H3/t15-,17-/m1/s1. The van der Waals surface area contributed by atoms with Crippen LogP contribution in [0.2, 0.25) is 19.6 Å². The molecule has 0 unspecified atom stereocenters. The summed E-state index contributed by atoms with van der Waals surface area (Å²) in [4.78, 5) is 0. The molecule has 1 heterocycles. The summed E-state index contributed by atoms with van der Waals surface area (Å²) in [6.07, 6.45) is 6.51. The number of hydrogen-bond donors (Lipinski definition) is 0. The van der Waals surface area contributed by atoms with Gasteiger partial charge < -0.3 is 9.16 Å². The van der Waals surface area contributed by atoms with Gasteiger partial charge in [-0.1, -0.05) is 26.7 Å². The summed E-state index contributed by atoms with van der Waals surface area (Å²) in [6.45, 7) is 18.1. The average Bonchev–Trinajstić information content (AvgIpc) is 2.83. The van der Waals surface area contributed by atoms with Crippen LogP contribution >= 0.6 is 0 Å². The predicted octanol–water partition coefficient (Wildman–Crippen LogP) is 5.38. The van der Waals surface area contributed by atoms with Crippen molar-refractivity contribution < 1.29 is 9.16 Å². The lowest BCUT2D eigenvalue weighted by Crippen LogP contribution is -2.38. The van der Waals surface area contributed by atoms with Crippen LogP contribution in [-0.4, -0.2) is 25.6 Å². The Morgan fingerprint density at radius 2 is 1.85 bits per heavy atom. The minimum Gasteiger partial charge on any atom is -0.413 e. The Labute approximate surface area is 127 Å². The van der Waals surface area contributed by atoms with Crippen molar-refractivity contribution >= 4 is 8.32 Å². The highest BCUT2D eigenvalue weighted by Crippen LogP contribution is 2.44. The first-order valence-electron chi connectivity index (χ1n) is 8.32. The van der Waals surface area contributed by atoms with Crippen LogP contribution in [0.5, 0.6) is 0 Å². The second-order valence-electron chi connectivity index (χ2n) is 8.72. The molecule has 0 bridgehead atoms. The van der Waals surface area contributed by atoms with Gasteiger partial charge in [-0.3, -0.25) is 0 Å². The van der Waals surface area contributed by atoms with Gasteiger partial charge >= 0.3 is 0 Å². The van der Waals surface area contributed by atoms with Crippen LogP contribution < -0.4 is 0 Å². The fraction of sp³-hybridized carbons (Fsp3) is 1.00. The van der Waals surface area contributed by atoms with Crippen molar-refractivity contribution in [3.63, 3.8) is 0 Å². The number of epoxide rings is 1. The van der Waals surface area contributed by atoms with Crippen molar-refractivity contribution in [3.8, 4) is 0 Å². The van der Waals surface area contributed by atoms with Crippen molar-refractivity contribution in [2.75, 3.05) is 0 Å². The van der Waals surface area contributed by atoms with E-state index in [2.05, 4.69) is 54.3 Å². The van der Waals surface area contributed by atoms with Crippen LogP contribution in [0.25, 0.3) is 0 Å². The Bertz CT molecular complexity index is 307. The smallest absolute Gasteiger partial charge is 0.184 e. The maximum atomic E-state index is 6.27. The van der Waals surface area contributed by atoms with Gasteiger partial charge in [0.05, 0.1) is 17.3 Å². The van der Waals surface area contributed by atoms with Gasteiger partial charge in [-0.15, -0.1) is 0 Å². The van der Waals surface area contributed by atoms with Crippen LogP contribution in [0, 0.1) is 5.92 Å². The molecule has 0 aromatic carbocycles. The van der Waals surface area contributed by atoms with E-state index < -0.39 is 8.32 Å². The first kappa shape index (κ1) is 18.2. The number of ether oxygens (including phenoxy) is 1.